The van der Waals surface area contributed by atoms with Crippen LogP contribution in [-0.4, -0.2) is 52.1 Å². The van der Waals surface area contributed by atoms with E-state index in [0.29, 0.717) is 12.3 Å². The van der Waals surface area contributed by atoms with E-state index in [9.17, 15) is 4.79 Å². The Kier molecular flexibility index (Phi) is 7.84. The molecule has 3 fully saturated rings. The van der Waals surface area contributed by atoms with E-state index < -0.39 is 28.0 Å². The summed E-state index contributed by atoms with van der Waals surface area (Å²) in [6, 6.07) is 0. The Morgan fingerprint density at radius 1 is 0.917 bits per heavy atom. The first-order valence-corrected chi connectivity index (χ1v) is 20.1. The van der Waals surface area contributed by atoms with Crippen molar-refractivity contribution < 1.29 is 23.1 Å². The van der Waals surface area contributed by atoms with Crippen LogP contribution >= 0.6 is 0 Å². The molecule has 3 aliphatic rings. The van der Waals surface area contributed by atoms with Crippen molar-refractivity contribution >= 4 is 22.4 Å². The highest BCUT2D eigenvalue weighted by atomic mass is 28.4. The molecule has 2 saturated heterocycles. The van der Waals surface area contributed by atoms with E-state index in [4.69, 9.17) is 18.3 Å². The summed E-state index contributed by atoms with van der Waals surface area (Å²) in [5.41, 5.74) is -0.789. The van der Waals surface area contributed by atoms with Gasteiger partial charge in [-0.05, 0) is 55.5 Å². The molecule has 2 heterocycles. The van der Waals surface area contributed by atoms with Crippen molar-refractivity contribution in [2.75, 3.05) is 0 Å². The molecule has 7 heteroatoms. The predicted molar refractivity (Wildman–Crippen MR) is 152 cm³/mol. The summed E-state index contributed by atoms with van der Waals surface area (Å²) >= 11 is 0. The molecule has 1 saturated carbocycles. The maximum Gasteiger partial charge on any atom is 0.192 e. The monoisotopic (exact) mass is 540 g/mol. The van der Waals surface area contributed by atoms with Gasteiger partial charge in [-0.15, -0.1) is 0 Å². The second-order valence-electron chi connectivity index (χ2n) is 15.6. The molecule has 36 heavy (non-hydrogen) atoms. The van der Waals surface area contributed by atoms with E-state index in [1.807, 2.05) is 0 Å². The van der Waals surface area contributed by atoms with Crippen molar-refractivity contribution in [1.29, 1.82) is 0 Å². The highest BCUT2D eigenvalue weighted by molar-refractivity contribution is 6.74. The molecule has 0 radical (unpaired) electrons. The zero-order chi connectivity index (χ0) is 27.9. The average molecular weight is 541 g/mol. The van der Waals surface area contributed by atoms with E-state index >= 15 is 0 Å². The van der Waals surface area contributed by atoms with Crippen LogP contribution in [0.2, 0.25) is 36.3 Å². The van der Waals surface area contributed by atoms with E-state index in [0.717, 1.165) is 6.42 Å². The summed E-state index contributed by atoms with van der Waals surface area (Å²) in [5.74, 6) is -0.127. The molecule has 1 aliphatic carbocycles. The molecule has 0 aromatic carbocycles. The molecular weight excluding hydrogens is 484 g/mol. The predicted octanol–water partition coefficient (Wildman–Crippen LogP) is 7.56. The van der Waals surface area contributed by atoms with Crippen molar-refractivity contribution in [2.45, 2.75) is 155 Å². The lowest BCUT2D eigenvalue weighted by Crippen LogP contribution is -2.66. The lowest BCUT2D eigenvalue weighted by Gasteiger charge is -2.57. The Bertz CT molecular complexity index is 842. The highest BCUT2D eigenvalue weighted by Gasteiger charge is 2.74. The Hall–Kier alpha value is -0.0562. The fourth-order valence-corrected chi connectivity index (χ4v) is 8.63. The smallest absolute Gasteiger partial charge is 0.192 e. The molecule has 2 aliphatic heterocycles. The number of rotatable bonds is 6. The van der Waals surface area contributed by atoms with Crippen molar-refractivity contribution in [3.05, 3.63) is 0 Å². The molecule has 5 nitrogen and oxygen atoms in total. The quantitative estimate of drug-likeness (QED) is 0.325. The number of carbonyl (C=O) groups is 1. The van der Waals surface area contributed by atoms with Crippen LogP contribution in [0.1, 0.15) is 89.0 Å². The van der Waals surface area contributed by atoms with Crippen LogP contribution < -0.4 is 0 Å². The second kappa shape index (κ2) is 9.26. The Morgan fingerprint density at radius 3 is 1.86 bits per heavy atom. The topological polar surface area (TPSA) is 54.0 Å². The van der Waals surface area contributed by atoms with Gasteiger partial charge in [-0.3, -0.25) is 4.79 Å². The Balaban J connectivity index is 2.05. The van der Waals surface area contributed by atoms with Crippen molar-refractivity contribution in [2.24, 2.45) is 23.7 Å². The molecule has 0 bridgehead atoms. The van der Waals surface area contributed by atoms with Crippen LogP contribution in [0, 0.1) is 23.7 Å². The Morgan fingerprint density at radius 2 is 1.42 bits per heavy atom. The van der Waals surface area contributed by atoms with Crippen LogP contribution in [0.4, 0.5) is 0 Å². The summed E-state index contributed by atoms with van der Waals surface area (Å²) in [5, 5.41) is 0.197. The Labute approximate surface area is 224 Å². The molecule has 210 valence electrons. The minimum Gasteiger partial charge on any atom is -0.413 e. The minimum absolute atomic E-state index is 0.00543. The third-order valence-corrected chi connectivity index (χ3v) is 19.5. The zero-order valence-electron chi connectivity index (χ0n) is 26.0. The first-order chi connectivity index (χ1) is 16.0. The average Bonchev–Trinajstić information content (AvgIpc) is 3.41. The largest absolute Gasteiger partial charge is 0.413 e. The number of carbonyl (C=O) groups excluding carboxylic acids is 1. The second-order valence-corrected chi connectivity index (χ2v) is 25.1. The van der Waals surface area contributed by atoms with Gasteiger partial charge in [0.2, 0.25) is 0 Å². The fraction of sp³-hybridized carbons (Fsp3) is 0.966. The SMILES string of the molecule is CC(=O)[C@]12C[C@H]1[C@@H](O[Si](C)(C)C(C)(C)C)[C@H](C)[C@]1(C[C@@H](O[Si](C)(C)C(C)(C)C)[C@H](C)[C@@H](C(C)C)O1)O2. The van der Waals surface area contributed by atoms with Gasteiger partial charge in [0.25, 0.3) is 0 Å². The minimum atomic E-state index is -2.08. The van der Waals surface area contributed by atoms with E-state index in [2.05, 4.69) is 95.4 Å². The fourth-order valence-electron chi connectivity index (χ4n) is 5.81. The van der Waals surface area contributed by atoms with Crippen LogP contribution in [0.25, 0.3) is 0 Å². The molecule has 0 aromatic rings. The normalized spacial score (nSPS) is 39.9. The van der Waals surface area contributed by atoms with Gasteiger partial charge in [0, 0.05) is 24.2 Å². The van der Waals surface area contributed by atoms with Crippen molar-refractivity contribution in [1.82, 2.24) is 0 Å². The molecule has 1 spiro atoms. The molecule has 0 amide bonds. The van der Waals surface area contributed by atoms with Gasteiger partial charge in [0.05, 0.1) is 18.3 Å². The molecule has 0 unspecified atom stereocenters. The number of ketones is 1. The number of Topliss-reactive ketones (excluding diaryl/α,β-unsaturated/α-hetero) is 1. The zero-order valence-corrected chi connectivity index (χ0v) is 28.0. The van der Waals surface area contributed by atoms with Crippen LogP contribution in [0.15, 0.2) is 0 Å². The van der Waals surface area contributed by atoms with E-state index in [1.165, 1.54) is 0 Å². The van der Waals surface area contributed by atoms with Gasteiger partial charge >= 0.3 is 0 Å². The molecule has 0 N–H and O–H groups in total. The van der Waals surface area contributed by atoms with E-state index in [-0.39, 0.29) is 51.9 Å². The summed E-state index contributed by atoms with van der Waals surface area (Å²) in [6.45, 7) is 33.6. The van der Waals surface area contributed by atoms with Gasteiger partial charge in [-0.2, -0.15) is 0 Å². The lowest BCUT2D eigenvalue weighted by atomic mass is 9.76. The third kappa shape index (κ3) is 5.11. The van der Waals surface area contributed by atoms with Gasteiger partial charge < -0.3 is 18.3 Å². The summed E-state index contributed by atoms with van der Waals surface area (Å²) in [4.78, 5) is 13.1. The first-order valence-electron chi connectivity index (χ1n) is 14.3. The van der Waals surface area contributed by atoms with Gasteiger partial charge in [0.15, 0.2) is 28.2 Å². The molecule has 8 atom stereocenters. The van der Waals surface area contributed by atoms with Gasteiger partial charge in [-0.1, -0.05) is 69.2 Å². The van der Waals surface area contributed by atoms with Gasteiger partial charge in [0.1, 0.15) is 5.60 Å². The van der Waals surface area contributed by atoms with Crippen molar-refractivity contribution in [3.63, 3.8) is 0 Å². The molecule has 0 aromatic heterocycles. The third-order valence-electron chi connectivity index (χ3n) is 10.6. The van der Waals surface area contributed by atoms with E-state index in [1.54, 1.807) is 6.92 Å². The summed E-state index contributed by atoms with van der Waals surface area (Å²) in [7, 11) is -4.11. The van der Waals surface area contributed by atoms with Gasteiger partial charge in [-0.25, -0.2) is 0 Å². The first kappa shape index (κ1) is 30.5. The number of fused-ring (bicyclic) bond motifs is 1. The maximum atomic E-state index is 13.1. The van der Waals surface area contributed by atoms with Crippen LogP contribution in [-0.2, 0) is 23.1 Å². The highest BCUT2D eigenvalue weighted by Crippen LogP contribution is 2.63. The van der Waals surface area contributed by atoms with Crippen LogP contribution in [0.5, 0.6) is 0 Å². The van der Waals surface area contributed by atoms with Crippen molar-refractivity contribution in [3.8, 4) is 0 Å². The number of hydrogen-bond donors (Lipinski definition) is 0. The summed E-state index contributed by atoms with van der Waals surface area (Å²) in [6.07, 6.45) is 1.32. The standard InChI is InChI=1S/C29H56O5Si2/c1-18(2)24-19(3)23(32-35(12,13)26(6,7)8)17-29(31-24)20(4)25(33-36(14,15)27(9,10)11)22-16-28(22,34-29)21(5)30/h18-20,22-25H,16-17H2,1-15H3/t19-,20-,22-,23+,24+,25-,28+,29-/m0/s1. The van der Waals surface area contributed by atoms with Crippen LogP contribution in [0.3, 0.4) is 0 Å². The lowest BCUT2D eigenvalue weighted by molar-refractivity contribution is -0.371. The molecule has 3 rings (SSSR count). The number of ether oxygens (including phenoxy) is 2. The number of hydrogen-bond acceptors (Lipinski definition) is 5. The summed E-state index contributed by atoms with van der Waals surface area (Å²) < 4.78 is 28.2. The molecular formula is C29H56O5Si2. The maximum absolute atomic E-state index is 13.1.